The highest BCUT2D eigenvalue weighted by Crippen LogP contribution is 2.39. The third-order valence-electron chi connectivity index (χ3n) is 9.33. The van der Waals surface area contributed by atoms with Crippen LogP contribution in [0.5, 0.6) is 5.75 Å². The lowest BCUT2D eigenvalue weighted by molar-refractivity contribution is -0.165. The summed E-state index contributed by atoms with van der Waals surface area (Å²) >= 11 is 0. The van der Waals surface area contributed by atoms with Crippen molar-refractivity contribution in [1.29, 1.82) is 0 Å². The summed E-state index contributed by atoms with van der Waals surface area (Å²) in [6.07, 6.45) is 3.56. The van der Waals surface area contributed by atoms with Crippen molar-refractivity contribution in [3.8, 4) is 5.75 Å². The summed E-state index contributed by atoms with van der Waals surface area (Å²) in [7, 11) is 3.08. The number of ether oxygens (including phenoxy) is 2. The second kappa shape index (κ2) is 14.6. The van der Waals surface area contributed by atoms with Crippen molar-refractivity contribution in [3.63, 3.8) is 0 Å². The van der Waals surface area contributed by atoms with Gasteiger partial charge in [0, 0.05) is 20.0 Å². The van der Waals surface area contributed by atoms with E-state index in [0.29, 0.717) is 16.9 Å². The number of hydrogen-bond donors (Lipinski definition) is 2. The van der Waals surface area contributed by atoms with Gasteiger partial charge in [-0.1, -0.05) is 49.2 Å². The second-order valence-corrected chi connectivity index (χ2v) is 13.7. The molecule has 3 unspecified atom stereocenters. The van der Waals surface area contributed by atoms with Crippen molar-refractivity contribution in [2.45, 2.75) is 70.9 Å². The number of esters is 1. The number of methoxy groups -OCH3 is 1. The minimum Gasteiger partial charge on any atom is -0.497 e. The minimum absolute atomic E-state index is 0.0393. The molecule has 0 radical (unpaired) electrons. The Bertz CT molecular complexity index is 1630. The van der Waals surface area contributed by atoms with E-state index >= 15 is 0 Å². The third kappa shape index (κ3) is 7.69. The fourth-order valence-electron chi connectivity index (χ4n) is 6.96. The quantitative estimate of drug-likeness (QED) is 0.206. The third-order valence-corrected chi connectivity index (χ3v) is 9.33. The Labute approximate surface area is 281 Å². The first-order valence-electron chi connectivity index (χ1n) is 16.7. The zero-order valence-electron chi connectivity index (χ0n) is 28.3. The van der Waals surface area contributed by atoms with E-state index in [1.54, 1.807) is 52.1 Å². The van der Waals surface area contributed by atoms with Gasteiger partial charge in [-0.15, -0.1) is 0 Å². The Morgan fingerprint density at radius 2 is 1.48 bits per heavy atom. The minimum atomic E-state index is -0.956. The molecule has 2 aliphatic rings. The van der Waals surface area contributed by atoms with Gasteiger partial charge in [-0.25, -0.2) is 0 Å². The Morgan fingerprint density at radius 1 is 0.896 bits per heavy atom. The molecule has 10 heteroatoms. The molecule has 1 heterocycles. The van der Waals surface area contributed by atoms with Gasteiger partial charge < -0.3 is 20.1 Å². The number of rotatable bonds is 12. The molecule has 3 aromatic rings. The van der Waals surface area contributed by atoms with Crippen molar-refractivity contribution in [1.82, 2.24) is 15.5 Å². The maximum absolute atomic E-state index is 14.3. The van der Waals surface area contributed by atoms with Crippen molar-refractivity contribution < 1.29 is 33.4 Å². The second-order valence-electron chi connectivity index (χ2n) is 13.7. The van der Waals surface area contributed by atoms with Gasteiger partial charge in [-0.05, 0) is 86.6 Å². The van der Waals surface area contributed by atoms with Crippen LogP contribution in [0, 0.1) is 17.8 Å². The highest BCUT2D eigenvalue weighted by molar-refractivity contribution is 6.23. The lowest BCUT2D eigenvalue weighted by atomic mass is 9.77. The van der Waals surface area contributed by atoms with Gasteiger partial charge in [-0.2, -0.15) is 0 Å². The number of nitrogens with zero attached hydrogens (tertiary/aromatic N) is 1. The number of benzene rings is 3. The number of amides is 4. The maximum atomic E-state index is 14.3. The molecule has 254 valence electrons. The van der Waals surface area contributed by atoms with Gasteiger partial charge in [0.25, 0.3) is 11.8 Å². The van der Waals surface area contributed by atoms with Gasteiger partial charge in [0.2, 0.25) is 11.8 Å². The highest BCUT2D eigenvalue weighted by atomic mass is 16.6. The van der Waals surface area contributed by atoms with E-state index in [2.05, 4.69) is 10.6 Å². The molecule has 0 aromatic heterocycles. The lowest BCUT2D eigenvalue weighted by Gasteiger charge is -2.33. The Morgan fingerprint density at radius 3 is 2.00 bits per heavy atom. The van der Waals surface area contributed by atoms with E-state index < -0.39 is 47.2 Å². The first-order chi connectivity index (χ1) is 22.9. The normalized spacial score (nSPS) is 16.7. The molecule has 0 saturated heterocycles. The highest BCUT2D eigenvalue weighted by Gasteiger charge is 2.44. The van der Waals surface area contributed by atoms with Crippen LogP contribution in [0.25, 0.3) is 10.8 Å². The van der Waals surface area contributed by atoms with E-state index in [4.69, 9.17) is 9.47 Å². The first-order valence-corrected chi connectivity index (χ1v) is 16.7. The first kappa shape index (κ1) is 34.6. The lowest BCUT2D eigenvalue weighted by Crippen LogP contribution is -2.52. The number of hydrogen-bond acceptors (Lipinski definition) is 7. The standard InChI is InChI=1S/C38H45N3O7/c1-38(2,3)48-37(46)28(18-19-41-35(44)29-21-25-12-8-9-13-26(25)22-30(29)36(41)45)32(24-10-6-7-11-24)34(43)40-31(33(42)39-4)20-23-14-16-27(47-5)17-15-23/h8-9,12-17,21-22,24,28,31-32H,6-7,10-11,18-20H2,1-5H3,(H,39,42)(H,40,43). The number of carbonyl (C=O) groups is 5. The van der Waals surface area contributed by atoms with Gasteiger partial charge in [0.1, 0.15) is 17.4 Å². The molecule has 4 amide bonds. The molecule has 10 nitrogen and oxygen atoms in total. The summed E-state index contributed by atoms with van der Waals surface area (Å²) in [5, 5.41) is 7.31. The van der Waals surface area contributed by atoms with Crippen LogP contribution in [0.3, 0.4) is 0 Å². The maximum Gasteiger partial charge on any atom is 0.310 e. The van der Waals surface area contributed by atoms with Crippen molar-refractivity contribution in [2.75, 3.05) is 20.7 Å². The number of nitrogens with one attached hydrogen (secondary N) is 2. The molecule has 2 N–H and O–H groups in total. The van der Waals surface area contributed by atoms with Gasteiger partial charge in [-0.3, -0.25) is 28.9 Å². The van der Waals surface area contributed by atoms with E-state index in [9.17, 15) is 24.0 Å². The molecule has 5 rings (SSSR count). The smallest absolute Gasteiger partial charge is 0.310 e. The zero-order chi connectivity index (χ0) is 34.6. The van der Waals surface area contributed by atoms with E-state index in [1.807, 2.05) is 36.4 Å². The van der Waals surface area contributed by atoms with Gasteiger partial charge in [0.15, 0.2) is 0 Å². The van der Waals surface area contributed by atoms with Crippen molar-refractivity contribution in [3.05, 3.63) is 77.4 Å². The fourth-order valence-corrected chi connectivity index (χ4v) is 6.96. The SMILES string of the molecule is CNC(=O)C(Cc1ccc(OC)cc1)NC(=O)C(C1CCCC1)C(CCN1C(=O)c2cc3ccccc3cc2C1=O)C(=O)OC(C)(C)C. The van der Waals surface area contributed by atoms with Crippen LogP contribution in [-0.4, -0.2) is 66.8 Å². The summed E-state index contributed by atoms with van der Waals surface area (Å²) in [6, 6.07) is 17.3. The fraction of sp³-hybridized carbons (Fsp3) is 0.447. The summed E-state index contributed by atoms with van der Waals surface area (Å²) in [5.41, 5.74) is 0.638. The van der Waals surface area contributed by atoms with Crippen LogP contribution in [0.2, 0.25) is 0 Å². The van der Waals surface area contributed by atoms with Crippen LogP contribution in [0.4, 0.5) is 0 Å². The van der Waals surface area contributed by atoms with E-state index in [1.165, 1.54) is 11.9 Å². The van der Waals surface area contributed by atoms with Crippen LogP contribution in [0.1, 0.15) is 79.2 Å². The largest absolute Gasteiger partial charge is 0.497 e. The number of likely N-dealkylation sites (N-methyl/N-ethyl adjacent to an activating group) is 1. The summed E-state index contributed by atoms with van der Waals surface area (Å²) in [6.45, 7) is 5.22. The van der Waals surface area contributed by atoms with Crippen LogP contribution in [0.15, 0.2) is 60.7 Å². The van der Waals surface area contributed by atoms with Crippen LogP contribution < -0.4 is 15.4 Å². The number of carbonyl (C=O) groups excluding carboxylic acids is 5. The average Bonchev–Trinajstić information content (AvgIpc) is 3.67. The molecule has 1 aliphatic heterocycles. The molecular weight excluding hydrogens is 610 g/mol. The predicted octanol–water partition coefficient (Wildman–Crippen LogP) is 5.07. The van der Waals surface area contributed by atoms with E-state index in [-0.39, 0.29) is 31.2 Å². The van der Waals surface area contributed by atoms with E-state index in [0.717, 1.165) is 42.0 Å². The molecule has 0 spiro atoms. The summed E-state index contributed by atoms with van der Waals surface area (Å²) in [5.74, 6) is -3.46. The molecule has 48 heavy (non-hydrogen) atoms. The molecule has 3 atom stereocenters. The molecule has 1 fully saturated rings. The Hall–Kier alpha value is -4.73. The summed E-state index contributed by atoms with van der Waals surface area (Å²) < 4.78 is 11.1. The molecular formula is C38H45N3O7. The summed E-state index contributed by atoms with van der Waals surface area (Å²) in [4.78, 5) is 69.6. The van der Waals surface area contributed by atoms with Crippen LogP contribution in [-0.2, 0) is 25.5 Å². The molecule has 3 aromatic carbocycles. The number of fused-ring (bicyclic) bond motifs is 2. The number of imide groups is 1. The van der Waals surface area contributed by atoms with Crippen LogP contribution >= 0.6 is 0 Å². The molecule has 1 aliphatic carbocycles. The average molecular weight is 656 g/mol. The van der Waals surface area contributed by atoms with Crippen molar-refractivity contribution >= 4 is 40.4 Å². The zero-order valence-corrected chi connectivity index (χ0v) is 28.3. The Kier molecular flexibility index (Phi) is 10.5. The Balaban J connectivity index is 1.42. The monoisotopic (exact) mass is 655 g/mol. The van der Waals surface area contributed by atoms with Gasteiger partial charge in [0.05, 0.1) is 30.1 Å². The molecule has 1 saturated carbocycles. The topological polar surface area (TPSA) is 131 Å². The molecule has 0 bridgehead atoms. The van der Waals surface area contributed by atoms with Crippen molar-refractivity contribution in [2.24, 2.45) is 17.8 Å². The predicted molar refractivity (Wildman–Crippen MR) is 181 cm³/mol. The van der Waals surface area contributed by atoms with Gasteiger partial charge >= 0.3 is 5.97 Å².